The molecule has 1 atom stereocenters. The van der Waals surface area contributed by atoms with Gasteiger partial charge in [-0.25, -0.2) is 0 Å². The van der Waals surface area contributed by atoms with Crippen LogP contribution in [0.1, 0.15) is 26.7 Å². The number of carbonyl (C=O) groups excluding carboxylic acids is 1. The minimum atomic E-state index is -0.984. The molecule has 2 N–H and O–H groups in total. The topological polar surface area (TPSA) is 65.2 Å². The second kappa shape index (κ2) is 7.90. The van der Waals surface area contributed by atoms with Crippen LogP contribution in [0.3, 0.4) is 0 Å². The average molecular weight is 341 g/mol. The molecule has 20 heavy (non-hydrogen) atoms. The van der Waals surface area contributed by atoms with Crippen LogP contribution in [0.4, 0.5) is 10.1 Å². The molecule has 0 spiro atoms. The Morgan fingerprint density at radius 3 is 2.75 bits per heavy atom. The summed E-state index contributed by atoms with van der Waals surface area (Å²) < 4.78 is 18.6. The first-order chi connectivity index (χ1) is 9.38. The van der Waals surface area contributed by atoms with Gasteiger partial charge in [-0.3, -0.25) is 4.79 Å². The van der Waals surface area contributed by atoms with Crippen LogP contribution in [0.25, 0.3) is 0 Å². The monoisotopic (exact) mass is 340 g/mol. The van der Waals surface area contributed by atoms with E-state index in [-0.39, 0.29) is 26.7 Å². The van der Waals surface area contributed by atoms with Gasteiger partial charge in [0.2, 0.25) is 16.9 Å². The number of carbonyl (C=O) groups is 1. The molecule has 8 heteroatoms. The summed E-state index contributed by atoms with van der Waals surface area (Å²) in [5.41, 5.74) is 5.36. The fraction of sp³-hybridized carbons (Fsp3) is 0.500. The van der Waals surface area contributed by atoms with E-state index >= 15 is 0 Å². The highest BCUT2D eigenvalue weighted by Gasteiger charge is 2.21. The number of thioether (sulfide) groups is 1. The lowest BCUT2D eigenvalue weighted by Crippen LogP contribution is -2.22. The Morgan fingerprint density at radius 2 is 2.15 bits per heavy atom. The van der Waals surface area contributed by atoms with Gasteiger partial charge in [0.25, 0.3) is 0 Å². The number of halogens is 3. The number of pyridine rings is 1. The van der Waals surface area contributed by atoms with E-state index in [9.17, 15) is 9.18 Å². The number of nitrogen functional groups attached to an aromatic ring is 1. The van der Waals surface area contributed by atoms with Gasteiger partial charge >= 0.3 is 0 Å². The van der Waals surface area contributed by atoms with Gasteiger partial charge in [0, 0.05) is 5.75 Å². The van der Waals surface area contributed by atoms with Crippen LogP contribution in [-0.4, -0.2) is 22.0 Å². The number of rotatable bonds is 6. The van der Waals surface area contributed by atoms with Crippen molar-refractivity contribution in [3.05, 3.63) is 16.0 Å². The zero-order chi connectivity index (χ0) is 15.3. The van der Waals surface area contributed by atoms with E-state index in [1.165, 1.54) is 0 Å². The van der Waals surface area contributed by atoms with Crippen LogP contribution in [-0.2, 0) is 4.79 Å². The van der Waals surface area contributed by atoms with Crippen molar-refractivity contribution < 1.29 is 13.9 Å². The summed E-state index contributed by atoms with van der Waals surface area (Å²) in [5, 5.41) is -0.640. The second-order valence-corrected chi connectivity index (χ2v) is 5.89. The molecule has 112 valence electrons. The lowest BCUT2D eigenvalue weighted by Gasteiger charge is -2.14. The molecule has 1 heterocycles. The van der Waals surface area contributed by atoms with Crippen molar-refractivity contribution in [2.75, 3.05) is 11.5 Å². The molecule has 4 nitrogen and oxygen atoms in total. The SMILES string of the molecule is CCCCSC(=O)[C@@H](C)Oc1nc(F)c(Cl)c(N)c1Cl. The van der Waals surface area contributed by atoms with Crippen molar-refractivity contribution in [3.8, 4) is 5.88 Å². The van der Waals surface area contributed by atoms with E-state index < -0.39 is 12.1 Å². The van der Waals surface area contributed by atoms with Crippen molar-refractivity contribution in [1.29, 1.82) is 0 Å². The van der Waals surface area contributed by atoms with Gasteiger partial charge in [0.05, 0.1) is 5.69 Å². The summed E-state index contributed by atoms with van der Waals surface area (Å²) in [5.74, 6) is -0.508. The lowest BCUT2D eigenvalue weighted by atomic mass is 10.4. The summed E-state index contributed by atoms with van der Waals surface area (Å²) >= 11 is 12.6. The van der Waals surface area contributed by atoms with Crippen LogP contribution in [0.5, 0.6) is 5.88 Å². The normalized spacial score (nSPS) is 12.2. The zero-order valence-electron chi connectivity index (χ0n) is 11.1. The van der Waals surface area contributed by atoms with Crippen LogP contribution in [0.2, 0.25) is 10.0 Å². The zero-order valence-corrected chi connectivity index (χ0v) is 13.4. The van der Waals surface area contributed by atoms with E-state index in [1.807, 2.05) is 6.92 Å². The van der Waals surface area contributed by atoms with Crippen molar-refractivity contribution in [1.82, 2.24) is 4.98 Å². The van der Waals surface area contributed by atoms with Crippen LogP contribution in [0.15, 0.2) is 0 Å². The Kier molecular flexibility index (Phi) is 6.85. The third-order valence-corrected chi connectivity index (χ3v) is 4.24. The molecule has 0 bridgehead atoms. The van der Waals surface area contributed by atoms with Crippen molar-refractivity contribution in [3.63, 3.8) is 0 Å². The quantitative estimate of drug-likeness (QED) is 0.627. The van der Waals surface area contributed by atoms with E-state index in [1.54, 1.807) is 6.92 Å². The molecule has 1 aromatic rings. The number of aromatic nitrogens is 1. The largest absolute Gasteiger partial charge is 0.464 e. The summed E-state index contributed by atoms with van der Waals surface area (Å²) in [6, 6.07) is 0. The number of nitrogens with two attached hydrogens (primary N) is 1. The molecule has 0 saturated heterocycles. The van der Waals surface area contributed by atoms with Crippen molar-refractivity contribution in [2.45, 2.75) is 32.8 Å². The van der Waals surface area contributed by atoms with Gasteiger partial charge in [0.15, 0.2) is 6.10 Å². The van der Waals surface area contributed by atoms with E-state index in [0.29, 0.717) is 5.75 Å². The smallest absolute Gasteiger partial charge is 0.238 e. The van der Waals surface area contributed by atoms with Gasteiger partial charge in [-0.1, -0.05) is 48.3 Å². The van der Waals surface area contributed by atoms with E-state index in [4.69, 9.17) is 33.7 Å². The molecular formula is C12H15Cl2FN2O2S. The Hall–Kier alpha value is -0.720. The average Bonchev–Trinajstić information content (AvgIpc) is 2.42. The molecular weight excluding hydrogens is 326 g/mol. The summed E-state index contributed by atoms with van der Waals surface area (Å²) in [6.45, 7) is 3.58. The molecule has 0 aromatic carbocycles. The predicted molar refractivity (Wildman–Crippen MR) is 81.1 cm³/mol. The number of hydrogen-bond acceptors (Lipinski definition) is 5. The Bertz CT molecular complexity index is 503. The number of ether oxygens (including phenoxy) is 1. The number of anilines is 1. The van der Waals surface area contributed by atoms with E-state index in [2.05, 4.69) is 4.98 Å². The maximum atomic E-state index is 13.4. The van der Waals surface area contributed by atoms with Crippen LogP contribution >= 0.6 is 35.0 Å². The standard InChI is InChI=1S/C12H15Cl2FN2O2S/c1-3-4-5-20-12(18)6(2)19-11-8(14)9(16)7(13)10(15)17-11/h6H,3-5H2,1-2H3,(H2,16,17)/t6-/m1/s1. The maximum absolute atomic E-state index is 13.4. The highest BCUT2D eigenvalue weighted by Crippen LogP contribution is 2.35. The molecule has 0 fully saturated rings. The number of unbranched alkanes of at least 4 members (excludes halogenated alkanes) is 1. The fourth-order valence-electron chi connectivity index (χ4n) is 1.24. The molecule has 0 radical (unpaired) electrons. The first-order valence-corrected chi connectivity index (χ1v) is 7.75. The lowest BCUT2D eigenvalue weighted by molar-refractivity contribution is -0.116. The summed E-state index contributed by atoms with van der Waals surface area (Å²) in [4.78, 5) is 15.2. The van der Waals surface area contributed by atoms with Gasteiger partial charge in [-0.2, -0.15) is 9.37 Å². The summed E-state index contributed by atoms with van der Waals surface area (Å²) in [6.07, 6.45) is 1.13. The molecule has 1 rings (SSSR count). The molecule has 0 aliphatic heterocycles. The van der Waals surface area contributed by atoms with Crippen molar-refractivity contribution >= 4 is 45.8 Å². The summed E-state index contributed by atoms with van der Waals surface area (Å²) in [7, 11) is 0. The molecule has 0 saturated carbocycles. The van der Waals surface area contributed by atoms with Gasteiger partial charge in [0.1, 0.15) is 10.0 Å². The minimum Gasteiger partial charge on any atom is -0.464 e. The Balaban J connectivity index is 2.76. The van der Waals surface area contributed by atoms with Gasteiger partial charge < -0.3 is 10.5 Å². The first-order valence-electron chi connectivity index (χ1n) is 6.01. The second-order valence-electron chi connectivity index (χ2n) is 4.03. The third-order valence-electron chi connectivity index (χ3n) is 2.40. The third kappa shape index (κ3) is 4.40. The molecule has 0 aliphatic carbocycles. The van der Waals surface area contributed by atoms with Crippen LogP contribution in [0, 0.1) is 5.95 Å². The highest BCUT2D eigenvalue weighted by atomic mass is 35.5. The van der Waals surface area contributed by atoms with Crippen molar-refractivity contribution in [2.24, 2.45) is 0 Å². The molecule has 0 amide bonds. The minimum absolute atomic E-state index is 0.102. The number of nitrogens with zero attached hydrogens (tertiary/aromatic N) is 1. The molecule has 0 aliphatic rings. The van der Waals surface area contributed by atoms with Gasteiger partial charge in [-0.05, 0) is 13.3 Å². The molecule has 0 unspecified atom stereocenters. The molecule has 1 aromatic heterocycles. The highest BCUT2D eigenvalue weighted by molar-refractivity contribution is 8.13. The maximum Gasteiger partial charge on any atom is 0.238 e. The fourth-order valence-corrected chi connectivity index (χ4v) is 2.52. The van der Waals surface area contributed by atoms with Gasteiger partial charge in [-0.15, -0.1) is 0 Å². The number of hydrogen-bond donors (Lipinski definition) is 1. The Labute approximate surface area is 131 Å². The van der Waals surface area contributed by atoms with Crippen LogP contribution < -0.4 is 10.5 Å². The predicted octanol–water partition coefficient (Wildman–Crippen LogP) is 3.94. The first kappa shape index (κ1) is 17.3. The Morgan fingerprint density at radius 1 is 1.50 bits per heavy atom. The van der Waals surface area contributed by atoms with E-state index in [0.717, 1.165) is 24.6 Å².